The van der Waals surface area contributed by atoms with E-state index in [1.54, 1.807) is 42.5 Å². The van der Waals surface area contributed by atoms with Gasteiger partial charge in [-0.15, -0.1) is 0 Å². The molecule has 25 heavy (non-hydrogen) atoms. The minimum Gasteiger partial charge on any atom is -0.495 e. The van der Waals surface area contributed by atoms with Crippen molar-refractivity contribution in [3.63, 3.8) is 0 Å². The van der Waals surface area contributed by atoms with Crippen LogP contribution in [0.5, 0.6) is 11.5 Å². The van der Waals surface area contributed by atoms with E-state index in [0.29, 0.717) is 22.7 Å². The zero-order valence-electron chi connectivity index (χ0n) is 14.5. The average molecular weight is 342 g/mol. The molecule has 0 heterocycles. The van der Waals surface area contributed by atoms with Crippen LogP contribution in [0.3, 0.4) is 0 Å². The molecular formula is C19H22N2O4. The molecule has 0 spiro atoms. The molecule has 2 aromatic carbocycles. The lowest BCUT2D eigenvalue weighted by Crippen LogP contribution is -2.32. The molecule has 0 radical (unpaired) electrons. The molecule has 0 fully saturated rings. The Morgan fingerprint density at radius 1 is 1.04 bits per heavy atom. The van der Waals surface area contributed by atoms with E-state index in [1.165, 1.54) is 7.11 Å². The first-order chi connectivity index (χ1) is 12.0. The van der Waals surface area contributed by atoms with Crippen LogP contribution in [0.1, 0.15) is 24.2 Å². The fourth-order valence-corrected chi connectivity index (χ4v) is 2.16. The Bertz CT molecular complexity index is 726. The lowest BCUT2D eigenvalue weighted by molar-refractivity contribution is -0.115. The summed E-state index contributed by atoms with van der Waals surface area (Å²) in [6.45, 7) is 3.73. The van der Waals surface area contributed by atoms with Crippen molar-refractivity contribution in [2.24, 2.45) is 0 Å². The van der Waals surface area contributed by atoms with Gasteiger partial charge in [0.15, 0.2) is 0 Å². The van der Waals surface area contributed by atoms with Crippen LogP contribution in [0.2, 0.25) is 0 Å². The van der Waals surface area contributed by atoms with Gasteiger partial charge in [0.1, 0.15) is 11.5 Å². The van der Waals surface area contributed by atoms with E-state index in [-0.39, 0.29) is 24.5 Å². The molecule has 2 aromatic rings. The van der Waals surface area contributed by atoms with Gasteiger partial charge < -0.3 is 20.1 Å². The molecule has 0 aliphatic heterocycles. The molecule has 0 saturated carbocycles. The lowest BCUT2D eigenvalue weighted by Gasteiger charge is -2.11. The summed E-state index contributed by atoms with van der Waals surface area (Å²) >= 11 is 0. The van der Waals surface area contributed by atoms with Crippen LogP contribution in [-0.4, -0.2) is 31.6 Å². The highest BCUT2D eigenvalue weighted by molar-refractivity contribution is 5.99. The number of ether oxygens (including phenoxy) is 2. The molecule has 0 bridgehead atoms. The Balaban J connectivity index is 1.87. The first kappa shape index (κ1) is 18.3. The van der Waals surface area contributed by atoms with Gasteiger partial charge in [0.25, 0.3) is 5.91 Å². The van der Waals surface area contributed by atoms with Gasteiger partial charge in [0, 0.05) is 5.56 Å². The fraction of sp³-hybridized carbons (Fsp3) is 0.263. The first-order valence-electron chi connectivity index (χ1n) is 7.97. The number of amides is 2. The lowest BCUT2D eigenvalue weighted by atomic mass is 10.2. The molecule has 0 aliphatic rings. The molecule has 0 unspecified atom stereocenters. The minimum atomic E-state index is -0.336. The number of rotatable bonds is 7. The molecule has 6 nitrogen and oxygen atoms in total. The van der Waals surface area contributed by atoms with Crippen LogP contribution < -0.4 is 20.1 Å². The van der Waals surface area contributed by atoms with Crippen LogP contribution in [0.4, 0.5) is 5.69 Å². The van der Waals surface area contributed by atoms with Crippen molar-refractivity contribution in [3.8, 4) is 11.5 Å². The van der Waals surface area contributed by atoms with Crippen LogP contribution in [0.15, 0.2) is 48.5 Å². The van der Waals surface area contributed by atoms with Crippen molar-refractivity contribution in [2.75, 3.05) is 19.0 Å². The SMILES string of the molecule is COc1ccccc1NC(=O)CNC(=O)c1ccc(OC(C)C)cc1. The summed E-state index contributed by atoms with van der Waals surface area (Å²) in [6.07, 6.45) is 0.0679. The molecule has 0 aromatic heterocycles. The zero-order chi connectivity index (χ0) is 18.2. The average Bonchev–Trinajstić information content (AvgIpc) is 2.60. The summed E-state index contributed by atoms with van der Waals surface area (Å²) in [5.41, 5.74) is 1.01. The maximum absolute atomic E-state index is 12.1. The number of carbonyl (C=O) groups excluding carboxylic acids is 2. The highest BCUT2D eigenvalue weighted by Gasteiger charge is 2.10. The van der Waals surface area contributed by atoms with Gasteiger partial charge >= 0.3 is 0 Å². The van der Waals surface area contributed by atoms with Crippen molar-refractivity contribution in [3.05, 3.63) is 54.1 Å². The molecule has 0 aliphatic carbocycles. The maximum Gasteiger partial charge on any atom is 0.251 e. The topological polar surface area (TPSA) is 76.7 Å². The molecule has 2 amide bonds. The first-order valence-corrected chi connectivity index (χ1v) is 7.97. The standard InChI is InChI=1S/C19H22N2O4/c1-13(2)25-15-10-8-14(9-11-15)19(23)20-12-18(22)21-16-6-4-5-7-17(16)24-3/h4-11,13H,12H2,1-3H3,(H,20,23)(H,21,22). The smallest absolute Gasteiger partial charge is 0.251 e. The van der Waals surface area contributed by atoms with Crippen LogP contribution >= 0.6 is 0 Å². The maximum atomic E-state index is 12.1. The number of carbonyl (C=O) groups is 2. The predicted molar refractivity (Wildman–Crippen MR) is 96.2 cm³/mol. The van der Waals surface area contributed by atoms with Crippen molar-refractivity contribution in [1.29, 1.82) is 0 Å². The molecule has 132 valence electrons. The third-order valence-corrected chi connectivity index (χ3v) is 3.28. The Hall–Kier alpha value is -3.02. The van der Waals surface area contributed by atoms with Gasteiger partial charge in [-0.3, -0.25) is 9.59 Å². The molecule has 0 saturated heterocycles. The summed E-state index contributed by atoms with van der Waals surface area (Å²) < 4.78 is 10.7. The molecular weight excluding hydrogens is 320 g/mol. The van der Waals surface area contributed by atoms with E-state index in [9.17, 15) is 9.59 Å². The van der Waals surface area contributed by atoms with E-state index in [2.05, 4.69) is 10.6 Å². The normalized spacial score (nSPS) is 10.2. The van der Waals surface area contributed by atoms with E-state index in [4.69, 9.17) is 9.47 Å². The monoisotopic (exact) mass is 342 g/mol. The summed E-state index contributed by atoms with van der Waals surface area (Å²) in [5.74, 6) is 0.590. The Kier molecular flexibility index (Phi) is 6.39. The number of anilines is 1. The van der Waals surface area contributed by atoms with Gasteiger partial charge in [-0.2, -0.15) is 0 Å². The van der Waals surface area contributed by atoms with Gasteiger partial charge in [-0.1, -0.05) is 12.1 Å². The van der Waals surface area contributed by atoms with E-state index >= 15 is 0 Å². The second kappa shape index (κ2) is 8.73. The quantitative estimate of drug-likeness (QED) is 0.811. The molecule has 2 rings (SSSR count). The van der Waals surface area contributed by atoms with Gasteiger partial charge in [-0.05, 0) is 50.2 Å². The van der Waals surface area contributed by atoms with Gasteiger partial charge in [0.05, 0.1) is 25.4 Å². The van der Waals surface area contributed by atoms with E-state index in [1.807, 2.05) is 19.9 Å². The number of benzene rings is 2. The number of nitrogens with one attached hydrogen (secondary N) is 2. The number of hydrogen-bond donors (Lipinski definition) is 2. The van der Waals surface area contributed by atoms with Crippen molar-refractivity contribution in [1.82, 2.24) is 5.32 Å². The Morgan fingerprint density at radius 3 is 2.36 bits per heavy atom. The van der Waals surface area contributed by atoms with E-state index in [0.717, 1.165) is 0 Å². The second-order valence-electron chi connectivity index (χ2n) is 5.62. The number of hydrogen-bond acceptors (Lipinski definition) is 4. The molecule has 0 atom stereocenters. The number of para-hydroxylation sites is 2. The fourth-order valence-electron chi connectivity index (χ4n) is 2.16. The number of methoxy groups -OCH3 is 1. The zero-order valence-corrected chi connectivity index (χ0v) is 14.5. The van der Waals surface area contributed by atoms with Gasteiger partial charge in [-0.25, -0.2) is 0 Å². The third-order valence-electron chi connectivity index (χ3n) is 3.28. The van der Waals surface area contributed by atoms with Crippen LogP contribution in [-0.2, 0) is 4.79 Å². The largest absolute Gasteiger partial charge is 0.495 e. The highest BCUT2D eigenvalue weighted by atomic mass is 16.5. The second-order valence-corrected chi connectivity index (χ2v) is 5.62. The predicted octanol–water partition coefficient (Wildman–Crippen LogP) is 2.85. The van der Waals surface area contributed by atoms with Crippen molar-refractivity contribution in [2.45, 2.75) is 20.0 Å². The Labute approximate surface area is 147 Å². The van der Waals surface area contributed by atoms with Crippen LogP contribution in [0, 0.1) is 0 Å². The van der Waals surface area contributed by atoms with Gasteiger partial charge in [0.2, 0.25) is 5.91 Å². The van der Waals surface area contributed by atoms with E-state index < -0.39 is 0 Å². The summed E-state index contributed by atoms with van der Waals surface area (Å²) in [4.78, 5) is 24.1. The summed E-state index contributed by atoms with van der Waals surface area (Å²) in [7, 11) is 1.53. The van der Waals surface area contributed by atoms with Crippen molar-refractivity contribution >= 4 is 17.5 Å². The molecule has 2 N–H and O–H groups in total. The third kappa shape index (κ3) is 5.53. The minimum absolute atomic E-state index is 0.0679. The summed E-state index contributed by atoms with van der Waals surface area (Å²) in [6, 6.07) is 13.8. The highest BCUT2D eigenvalue weighted by Crippen LogP contribution is 2.22. The Morgan fingerprint density at radius 2 is 1.72 bits per heavy atom. The molecule has 6 heteroatoms. The summed E-state index contributed by atoms with van der Waals surface area (Å²) in [5, 5.41) is 5.28. The van der Waals surface area contributed by atoms with Crippen molar-refractivity contribution < 1.29 is 19.1 Å². The van der Waals surface area contributed by atoms with Crippen LogP contribution in [0.25, 0.3) is 0 Å².